The highest BCUT2D eigenvalue weighted by molar-refractivity contribution is 5.87. The minimum Gasteiger partial charge on any atom is -0.458 e. The predicted molar refractivity (Wildman–Crippen MR) is 138 cm³/mol. The van der Waals surface area contributed by atoms with E-state index in [4.69, 9.17) is 23.9 Å². The maximum Gasteiger partial charge on any atom is 0.343 e. The molecule has 13 heteroatoms. The number of aliphatic hydroxyl groups excluding tert-OH is 4. The van der Waals surface area contributed by atoms with Crippen molar-refractivity contribution >= 4 is 22.8 Å². The lowest BCUT2D eigenvalue weighted by Gasteiger charge is -2.44. The van der Waals surface area contributed by atoms with Crippen molar-refractivity contribution in [2.45, 2.75) is 69.7 Å². The SMILES string of the molecule is CC[C@@]1(O[C@@H]2O[C@H](CO)[C@@H](O)[C@H](O)[C@H]2O)C(=O)OCc2c1cc1n(c2=O)Cc2cc3cc(OC(C)=O)ccc3nc2-1. The summed E-state index contributed by atoms with van der Waals surface area (Å²) in [5.74, 6) is -0.912. The zero-order valence-electron chi connectivity index (χ0n) is 22.1. The van der Waals surface area contributed by atoms with E-state index in [1.807, 2.05) is 6.07 Å². The lowest BCUT2D eigenvalue weighted by atomic mass is 9.85. The summed E-state index contributed by atoms with van der Waals surface area (Å²) in [5.41, 5.74) is 0.364. The molecule has 41 heavy (non-hydrogen) atoms. The number of aliphatic hydroxyl groups is 4. The predicted octanol–water partition coefficient (Wildman–Crippen LogP) is -0.171. The van der Waals surface area contributed by atoms with Gasteiger partial charge in [-0.3, -0.25) is 9.59 Å². The van der Waals surface area contributed by atoms with Gasteiger partial charge in [-0.15, -0.1) is 0 Å². The van der Waals surface area contributed by atoms with Crippen LogP contribution in [0.1, 0.15) is 37.0 Å². The van der Waals surface area contributed by atoms with Crippen molar-refractivity contribution in [3.05, 3.63) is 57.4 Å². The molecule has 3 aliphatic rings. The Hall–Kier alpha value is -3.72. The van der Waals surface area contributed by atoms with E-state index >= 15 is 0 Å². The number of hydrogen-bond donors (Lipinski definition) is 4. The minimum absolute atomic E-state index is 0.0340. The molecule has 0 spiro atoms. The van der Waals surface area contributed by atoms with E-state index in [1.54, 1.807) is 31.2 Å². The van der Waals surface area contributed by atoms with Gasteiger partial charge in [0.25, 0.3) is 5.56 Å². The zero-order chi connectivity index (χ0) is 29.2. The molecule has 1 aromatic carbocycles. The minimum atomic E-state index is -1.91. The molecule has 5 heterocycles. The zero-order valence-corrected chi connectivity index (χ0v) is 22.1. The number of fused-ring (bicyclic) bond motifs is 5. The topological polar surface area (TPSA) is 187 Å². The van der Waals surface area contributed by atoms with Crippen molar-refractivity contribution in [1.82, 2.24) is 9.55 Å². The first-order chi connectivity index (χ1) is 19.6. The third-order valence-corrected chi connectivity index (χ3v) is 7.87. The summed E-state index contributed by atoms with van der Waals surface area (Å²) in [7, 11) is 0. The fourth-order valence-corrected chi connectivity index (χ4v) is 5.74. The Balaban J connectivity index is 1.45. The van der Waals surface area contributed by atoms with E-state index < -0.39 is 60.4 Å². The molecule has 0 amide bonds. The maximum absolute atomic E-state index is 13.7. The maximum atomic E-state index is 13.7. The summed E-state index contributed by atoms with van der Waals surface area (Å²) in [6.45, 7) is 2.16. The summed E-state index contributed by atoms with van der Waals surface area (Å²) in [5, 5.41) is 41.3. The van der Waals surface area contributed by atoms with Gasteiger partial charge < -0.3 is 43.9 Å². The van der Waals surface area contributed by atoms with Gasteiger partial charge in [0.2, 0.25) is 0 Å². The Morgan fingerprint density at radius 1 is 1.15 bits per heavy atom. The molecule has 0 radical (unpaired) electrons. The largest absolute Gasteiger partial charge is 0.458 e. The van der Waals surface area contributed by atoms with E-state index in [9.17, 15) is 34.8 Å². The van der Waals surface area contributed by atoms with Crippen LogP contribution in [0.15, 0.2) is 35.1 Å². The third kappa shape index (κ3) is 4.24. The van der Waals surface area contributed by atoms with Crippen molar-refractivity contribution in [3.8, 4) is 17.1 Å². The van der Waals surface area contributed by atoms with Crippen LogP contribution in [-0.2, 0) is 42.6 Å². The molecular weight excluding hydrogens is 540 g/mol. The highest BCUT2D eigenvalue weighted by atomic mass is 16.7. The van der Waals surface area contributed by atoms with Gasteiger partial charge >= 0.3 is 11.9 Å². The highest BCUT2D eigenvalue weighted by Gasteiger charge is 2.53. The Kier molecular flexibility index (Phi) is 6.68. The van der Waals surface area contributed by atoms with Gasteiger partial charge in [0.15, 0.2) is 11.9 Å². The Morgan fingerprint density at radius 3 is 2.63 bits per heavy atom. The van der Waals surface area contributed by atoms with Crippen LogP contribution < -0.4 is 10.3 Å². The lowest BCUT2D eigenvalue weighted by Crippen LogP contribution is -2.61. The van der Waals surface area contributed by atoms with Crippen molar-refractivity contribution in [2.24, 2.45) is 0 Å². The second-order valence-electron chi connectivity index (χ2n) is 10.3. The van der Waals surface area contributed by atoms with Gasteiger partial charge in [-0.05, 0) is 36.8 Å². The molecule has 6 rings (SSSR count). The smallest absolute Gasteiger partial charge is 0.343 e. The molecule has 0 saturated carbocycles. The van der Waals surface area contributed by atoms with Crippen LogP contribution in [0, 0.1) is 0 Å². The first kappa shape index (κ1) is 27.4. The summed E-state index contributed by atoms with van der Waals surface area (Å²) in [6, 6.07) is 8.50. The monoisotopic (exact) mass is 568 g/mol. The molecule has 1 saturated heterocycles. The normalized spacial score (nSPS) is 28.5. The Labute approximate surface area is 232 Å². The number of hydrogen-bond acceptors (Lipinski definition) is 12. The number of carbonyl (C=O) groups is 2. The number of nitrogens with zero attached hydrogens (tertiary/aromatic N) is 2. The second-order valence-corrected chi connectivity index (χ2v) is 10.3. The quantitative estimate of drug-likeness (QED) is 0.184. The molecule has 3 aromatic rings. The molecule has 4 N–H and O–H groups in total. The molecule has 13 nitrogen and oxygen atoms in total. The van der Waals surface area contributed by atoms with E-state index in [0.717, 1.165) is 5.56 Å². The van der Waals surface area contributed by atoms with Crippen LogP contribution >= 0.6 is 0 Å². The molecule has 0 aliphatic carbocycles. The van der Waals surface area contributed by atoms with Crippen molar-refractivity contribution in [2.75, 3.05) is 6.61 Å². The van der Waals surface area contributed by atoms with Crippen LogP contribution in [0.25, 0.3) is 22.3 Å². The van der Waals surface area contributed by atoms with Gasteiger partial charge in [-0.2, -0.15) is 0 Å². The molecule has 1 fully saturated rings. The third-order valence-electron chi connectivity index (χ3n) is 7.87. The number of carbonyl (C=O) groups excluding carboxylic acids is 2. The Morgan fingerprint density at radius 2 is 1.93 bits per heavy atom. The van der Waals surface area contributed by atoms with Gasteiger partial charge in [0, 0.05) is 23.4 Å². The van der Waals surface area contributed by atoms with E-state index in [1.165, 1.54) is 11.5 Å². The van der Waals surface area contributed by atoms with Crippen LogP contribution in [0.4, 0.5) is 0 Å². The average Bonchev–Trinajstić information content (AvgIpc) is 3.31. The standard InChI is InChI=1S/C28H28N2O11/c1-3-28(41-26-24(35)23(34)22(33)20(10-31)40-26)17-8-19-21-14(9-30(19)25(36)16(17)11-38-27(28)37)6-13-7-15(39-12(2)32)4-5-18(13)29-21/h4-8,20,22-24,26,31,33-35H,3,9-11H2,1-2H3/t20-,22-,23+,24-,26+,28+/m1/s1. The van der Waals surface area contributed by atoms with Crippen LogP contribution in [0.3, 0.4) is 0 Å². The number of aromatic nitrogens is 2. The van der Waals surface area contributed by atoms with Crippen molar-refractivity contribution < 1.29 is 49.0 Å². The number of ether oxygens (including phenoxy) is 4. The van der Waals surface area contributed by atoms with E-state index in [0.29, 0.717) is 28.0 Å². The molecule has 6 atom stereocenters. The number of pyridine rings is 2. The molecule has 2 aromatic heterocycles. The van der Waals surface area contributed by atoms with Gasteiger partial charge in [0.1, 0.15) is 36.8 Å². The summed E-state index contributed by atoms with van der Waals surface area (Å²) in [6.07, 6.45) is -8.05. The first-order valence-corrected chi connectivity index (χ1v) is 13.1. The van der Waals surface area contributed by atoms with E-state index in [-0.39, 0.29) is 30.7 Å². The fourth-order valence-electron chi connectivity index (χ4n) is 5.74. The summed E-state index contributed by atoms with van der Waals surface area (Å²) in [4.78, 5) is 43.2. The number of rotatable bonds is 5. The molecular formula is C28H28N2O11. The molecule has 0 unspecified atom stereocenters. The number of esters is 2. The second kappa shape index (κ2) is 9.98. The van der Waals surface area contributed by atoms with Crippen molar-refractivity contribution in [3.63, 3.8) is 0 Å². The number of cyclic esters (lactones) is 1. The van der Waals surface area contributed by atoms with Crippen LogP contribution in [0.5, 0.6) is 5.75 Å². The summed E-state index contributed by atoms with van der Waals surface area (Å²) >= 11 is 0. The number of benzene rings is 1. The fraction of sp³-hybridized carbons (Fsp3) is 0.429. The van der Waals surface area contributed by atoms with Gasteiger partial charge in [0.05, 0.1) is 35.6 Å². The highest BCUT2D eigenvalue weighted by Crippen LogP contribution is 2.43. The van der Waals surface area contributed by atoms with Gasteiger partial charge in [-0.25, -0.2) is 9.78 Å². The van der Waals surface area contributed by atoms with Gasteiger partial charge in [-0.1, -0.05) is 6.92 Å². The average molecular weight is 569 g/mol. The first-order valence-electron chi connectivity index (χ1n) is 13.1. The molecule has 0 bridgehead atoms. The molecule has 3 aliphatic heterocycles. The van der Waals surface area contributed by atoms with Crippen molar-refractivity contribution in [1.29, 1.82) is 0 Å². The lowest BCUT2D eigenvalue weighted by molar-refractivity contribution is -0.328. The van der Waals surface area contributed by atoms with Crippen LogP contribution in [0.2, 0.25) is 0 Å². The summed E-state index contributed by atoms with van der Waals surface area (Å²) < 4.78 is 23.7. The molecule has 216 valence electrons. The Bertz CT molecular complexity index is 1630. The van der Waals surface area contributed by atoms with Crippen LogP contribution in [-0.4, -0.2) is 79.2 Å². The van der Waals surface area contributed by atoms with E-state index in [2.05, 4.69) is 0 Å².